The molecule has 0 fully saturated rings. The second-order valence-electron chi connectivity index (χ2n) is 4.08. The van der Waals surface area contributed by atoms with E-state index >= 15 is 0 Å². The highest BCUT2D eigenvalue weighted by Crippen LogP contribution is 2.17. The number of non-ortho nitro benzene ring substituents is 1. The molecule has 2 aromatic rings. The number of carbonyl (C=O) groups is 1. The van der Waals surface area contributed by atoms with Crippen LogP contribution in [0.1, 0.15) is 15.9 Å². The molecule has 5 heteroatoms. The van der Waals surface area contributed by atoms with Crippen molar-refractivity contribution < 1.29 is 9.72 Å². The minimum absolute atomic E-state index is 0.0996. The van der Waals surface area contributed by atoms with Gasteiger partial charge in [-0.2, -0.15) is 0 Å². The third-order valence-electron chi connectivity index (χ3n) is 2.71. The Bertz CT molecular complexity index is 638. The number of carbonyl (C=O) groups excluding carboxylic acids is 1. The number of amides is 1. The van der Waals surface area contributed by atoms with Gasteiger partial charge in [-0.1, -0.05) is 24.3 Å². The maximum Gasteiger partial charge on any atom is 0.270 e. The minimum Gasteiger partial charge on any atom is -0.322 e. The highest BCUT2D eigenvalue weighted by molar-refractivity contribution is 6.04. The van der Waals surface area contributed by atoms with Gasteiger partial charge >= 0.3 is 0 Å². The van der Waals surface area contributed by atoms with E-state index < -0.39 is 4.92 Å². The fourth-order valence-corrected chi connectivity index (χ4v) is 1.67. The van der Waals surface area contributed by atoms with E-state index in [4.69, 9.17) is 0 Å². The van der Waals surface area contributed by atoms with Crippen LogP contribution in [0.25, 0.3) is 0 Å². The van der Waals surface area contributed by atoms with Crippen LogP contribution in [0.2, 0.25) is 0 Å². The molecule has 0 aliphatic rings. The highest BCUT2D eigenvalue weighted by Gasteiger charge is 2.12. The molecule has 0 bridgehead atoms. The Balaban J connectivity index is 2.23. The summed E-state index contributed by atoms with van der Waals surface area (Å²) in [4.78, 5) is 22.1. The Morgan fingerprint density at radius 2 is 1.89 bits per heavy atom. The van der Waals surface area contributed by atoms with Crippen molar-refractivity contribution in [2.45, 2.75) is 6.92 Å². The summed E-state index contributed by atoms with van der Waals surface area (Å²) in [5.74, 6) is -0.363. The average Bonchev–Trinajstić information content (AvgIpc) is 2.41. The van der Waals surface area contributed by atoms with Gasteiger partial charge in [-0.05, 0) is 24.6 Å². The maximum atomic E-state index is 12.0. The molecule has 0 atom stereocenters. The summed E-state index contributed by atoms with van der Waals surface area (Å²) in [6.45, 7) is 1.88. The van der Waals surface area contributed by atoms with Gasteiger partial charge in [-0.3, -0.25) is 14.9 Å². The number of nitro benzene ring substituents is 1. The lowest BCUT2D eigenvalue weighted by Gasteiger charge is -2.07. The van der Waals surface area contributed by atoms with Crippen LogP contribution in [0, 0.1) is 17.0 Å². The number of anilines is 1. The predicted molar refractivity (Wildman–Crippen MR) is 72.2 cm³/mol. The van der Waals surface area contributed by atoms with Gasteiger partial charge in [-0.25, -0.2) is 0 Å². The van der Waals surface area contributed by atoms with Crippen LogP contribution < -0.4 is 5.32 Å². The number of para-hydroxylation sites is 1. The Labute approximate surface area is 110 Å². The molecular weight excluding hydrogens is 244 g/mol. The van der Waals surface area contributed by atoms with E-state index in [9.17, 15) is 14.9 Å². The zero-order chi connectivity index (χ0) is 13.8. The van der Waals surface area contributed by atoms with Crippen LogP contribution in [0.15, 0.2) is 48.5 Å². The van der Waals surface area contributed by atoms with Gasteiger partial charge in [0.2, 0.25) is 0 Å². The van der Waals surface area contributed by atoms with E-state index in [1.165, 1.54) is 18.2 Å². The molecule has 2 rings (SSSR count). The predicted octanol–water partition coefficient (Wildman–Crippen LogP) is 3.16. The standard InChI is InChI=1S/C14H12N2O3/c1-10-5-2-3-8-13(10)15-14(17)11-6-4-7-12(9-11)16(18)19/h2-9H,1H3,(H,15,17). The molecule has 96 valence electrons. The van der Waals surface area contributed by atoms with E-state index in [2.05, 4.69) is 5.32 Å². The first-order valence-electron chi connectivity index (χ1n) is 5.69. The molecule has 1 amide bonds. The number of hydrogen-bond acceptors (Lipinski definition) is 3. The van der Waals surface area contributed by atoms with Crippen LogP contribution in [0.5, 0.6) is 0 Å². The van der Waals surface area contributed by atoms with E-state index in [0.717, 1.165) is 5.56 Å². The van der Waals surface area contributed by atoms with Crippen molar-refractivity contribution in [3.8, 4) is 0 Å². The lowest BCUT2D eigenvalue weighted by atomic mass is 10.1. The van der Waals surface area contributed by atoms with Crippen LogP contribution in [-0.4, -0.2) is 10.8 Å². The number of nitrogens with zero attached hydrogens (tertiary/aromatic N) is 1. The Morgan fingerprint density at radius 1 is 1.16 bits per heavy atom. The second kappa shape index (κ2) is 5.30. The fraction of sp³-hybridized carbons (Fsp3) is 0.0714. The van der Waals surface area contributed by atoms with Gasteiger partial charge in [0.1, 0.15) is 0 Å². The van der Waals surface area contributed by atoms with Crippen molar-refractivity contribution >= 4 is 17.3 Å². The maximum absolute atomic E-state index is 12.0. The molecule has 0 unspecified atom stereocenters. The molecule has 2 aromatic carbocycles. The number of hydrogen-bond donors (Lipinski definition) is 1. The molecule has 0 aliphatic carbocycles. The van der Waals surface area contributed by atoms with Gasteiger partial charge in [0.25, 0.3) is 11.6 Å². The summed E-state index contributed by atoms with van der Waals surface area (Å²) in [6.07, 6.45) is 0. The van der Waals surface area contributed by atoms with Crippen LogP contribution >= 0.6 is 0 Å². The average molecular weight is 256 g/mol. The minimum atomic E-state index is -0.523. The van der Waals surface area contributed by atoms with E-state index in [0.29, 0.717) is 5.69 Å². The summed E-state index contributed by atoms with van der Waals surface area (Å²) >= 11 is 0. The largest absolute Gasteiger partial charge is 0.322 e. The first-order chi connectivity index (χ1) is 9.08. The lowest BCUT2D eigenvalue weighted by molar-refractivity contribution is -0.384. The summed E-state index contributed by atoms with van der Waals surface area (Å²) in [5, 5.41) is 13.4. The molecule has 0 spiro atoms. The smallest absolute Gasteiger partial charge is 0.270 e. The van der Waals surface area contributed by atoms with Gasteiger partial charge in [-0.15, -0.1) is 0 Å². The summed E-state index contributed by atoms with van der Waals surface area (Å²) < 4.78 is 0. The number of benzene rings is 2. The first kappa shape index (κ1) is 12.8. The van der Waals surface area contributed by atoms with Gasteiger partial charge in [0.15, 0.2) is 0 Å². The summed E-state index contributed by atoms with van der Waals surface area (Å²) in [7, 11) is 0. The molecule has 5 nitrogen and oxygen atoms in total. The normalized spacial score (nSPS) is 9.95. The monoisotopic (exact) mass is 256 g/mol. The molecule has 0 aliphatic heterocycles. The van der Waals surface area contributed by atoms with Gasteiger partial charge < -0.3 is 5.32 Å². The van der Waals surface area contributed by atoms with Gasteiger partial charge in [0, 0.05) is 23.4 Å². The van der Waals surface area contributed by atoms with Crippen molar-refractivity contribution in [2.24, 2.45) is 0 Å². The molecular formula is C14H12N2O3. The molecule has 0 radical (unpaired) electrons. The zero-order valence-electron chi connectivity index (χ0n) is 10.3. The topological polar surface area (TPSA) is 72.2 Å². The van der Waals surface area contributed by atoms with Crippen molar-refractivity contribution in [3.63, 3.8) is 0 Å². The third kappa shape index (κ3) is 2.95. The fourth-order valence-electron chi connectivity index (χ4n) is 1.67. The molecule has 0 saturated carbocycles. The van der Waals surface area contributed by atoms with Crippen LogP contribution in [0.3, 0.4) is 0 Å². The number of nitro groups is 1. The first-order valence-corrected chi connectivity index (χ1v) is 5.69. The van der Waals surface area contributed by atoms with E-state index in [1.807, 2.05) is 25.1 Å². The SMILES string of the molecule is Cc1ccccc1NC(=O)c1cccc([N+](=O)[O-])c1. The zero-order valence-corrected chi connectivity index (χ0v) is 10.3. The van der Waals surface area contributed by atoms with Crippen LogP contribution in [-0.2, 0) is 0 Å². The molecule has 0 aromatic heterocycles. The van der Waals surface area contributed by atoms with Crippen molar-refractivity contribution in [3.05, 3.63) is 69.8 Å². The molecule has 19 heavy (non-hydrogen) atoms. The second-order valence-corrected chi connectivity index (χ2v) is 4.08. The number of rotatable bonds is 3. The summed E-state index contributed by atoms with van der Waals surface area (Å²) in [5.41, 5.74) is 1.79. The van der Waals surface area contributed by atoms with Gasteiger partial charge in [0.05, 0.1) is 4.92 Å². The van der Waals surface area contributed by atoms with Crippen LogP contribution in [0.4, 0.5) is 11.4 Å². The quantitative estimate of drug-likeness (QED) is 0.677. The van der Waals surface area contributed by atoms with Crippen molar-refractivity contribution in [2.75, 3.05) is 5.32 Å². The summed E-state index contributed by atoms with van der Waals surface area (Å²) in [6, 6.07) is 13.0. The third-order valence-corrected chi connectivity index (χ3v) is 2.71. The molecule has 1 N–H and O–H groups in total. The van der Waals surface area contributed by atoms with E-state index in [-0.39, 0.29) is 17.2 Å². The molecule has 0 heterocycles. The number of aryl methyl sites for hydroxylation is 1. The lowest BCUT2D eigenvalue weighted by Crippen LogP contribution is -2.12. The Hall–Kier alpha value is -2.69. The Kier molecular flexibility index (Phi) is 3.56. The molecule has 0 saturated heterocycles. The van der Waals surface area contributed by atoms with Crippen molar-refractivity contribution in [1.29, 1.82) is 0 Å². The van der Waals surface area contributed by atoms with E-state index in [1.54, 1.807) is 12.1 Å². The van der Waals surface area contributed by atoms with Crippen molar-refractivity contribution in [1.82, 2.24) is 0 Å². The number of nitrogens with one attached hydrogen (secondary N) is 1. The Morgan fingerprint density at radius 3 is 2.58 bits per heavy atom. The highest BCUT2D eigenvalue weighted by atomic mass is 16.6.